The molecule has 0 aliphatic heterocycles. The fourth-order valence-corrected chi connectivity index (χ4v) is 1.50. The molecule has 4 nitrogen and oxygen atoms in total. The van der Waals surface area contributed by atoms with Crippen molar-refractivity contribution >= 4 is 18.0 Å². The highest BCUT2D eigenvalue weighted by Crippen LogP contribution is 1.99. The normalized spacial score (nSPS) is 10.4. The van der Waals surface area contributed by atoms with Crippen molar-refractivity contribution in [1.82, 2.24) is 9.13 Å². The van der Waals surface area contributed by atoms with Crippen molar-refractivity contribution in [2.24, 2.45) is 7.05 Å². The fraction of sp³-hybridized carbons (Fsp3) is 0.556. The van der Waals surface area contributed by atoms with E-state index in [1.807, 2.05) is 0 Å². The summed E-state index contributed by atoms with van der Waals surface area (Å²) >= 11 is 5.13. The van der Waals surface area contributed by atoms with Crippen molar-refractivity contribution in [1.29, 1.82) is 0 Å². The molecule has 14 heavy (non-hydrogen) atoms. The van der Waals surface area contributed by atoms with Gasteiger partial charge in [0.1, 0.15) is 5.82 Å². The molecule has 0 aliphatic carbocycles. The summed E-state index contributed by atoms with van der Waals surface area (Å²) in [6.07, 6.45) is 1.99. The highest BCUT2D eigenvalue weighted by molar-refractivity contribution is 7.71. The molecule has 0 saturated carbocycles. The van der Waals surface area contributed by atoms with Gasteiger partial charge >= 0.3 is 0 Å². The van der Waals surface area contributed by atoms with Crippen LogP contribution in [0.1, 0.15) is 19.8 Å². The van der Waals surface area contributed by atoms with Crippen molar-refractivity contribution in [3.05, 3.63) is 21.2 Å². The number of aromatic nitrogens is 2. The summed E-state index contributed by atoms with van der Waals surface area (Å²) in [6.45, 7) is 2.74. The number of nitrogens with two attached hydrogens (primary N) is 1. The molecule has 0 fully saturated rings. The van der Waals surface area contributed by atoms with Crippen LogP contribution in [0.2, 0.25) is 0 Å². The van der Waals surface area contributed by atoms with Gasteiger partial charge in [-0.15, -0.1) is 0 Å². The molecule has 0 spiro atoms. The maximum absolute atomic E-state index is 11.5. The second-order valence-corrected chi connectivity index (χ2v) is 3.62. The van der Waals surface area contributed by atoms with Gasteiger partial charge < -0.3 is 10.3 Å². The lowest BCUT2D eigenvalue weighted by atomic mass is 10.3. The van der Waals surface area contributed by atoms with E-state index in [1.165, 1.54) is 6.07 Å². The third-order valence-corrected chi connectivity index (χ3v) is 2.67. The van der Waals surface area contributed by atoms with Crippen LogP contribution < -0.4 is 11.3 Å². The summed E-state index contributed by atoms with van der Waals surface area (Å²) in [5, 5.41) is 0. The first kappa shape index (κ1) is 11.0. The predicted molar refractivity (Wildman–Crippen MR) is 59.8 cm³/mol. The van der Waals surface area contributed by atoms with Gasteiger partial charge in [0, 0.05) is 19.7 Å². The molecule has 0 aromatic carbocycles. The van der Waals surface area contributed by atoms with Gasteiger partial charge in [0.25, 0.3) is 5.56 Å². The second-order valence-electron chi connectivity index (χ2n) is 3.25. The summed E-state index contributed by atoms with van der Waals surface area (Å²) in [5.74, 6) is 0.410. The number of hydrogen-bond donors (Lipinski definition) is 1. The highest BCUT2D eigenvalue weighted by Gasteiger charge is 2.02. The molecular weight excluding hydrogens is 198 g/mol. The van der Waals surface area contributed by atoms with Crippen molar-refractivity contribution in [3.8, 4) is 0 Å². The van der Waals surface area contributed by atoms with Crippen LogP contribution in [0.3, 0.4) is 0 Å². The van der Waals surface area contributed by atoms with Crippen molar-refractivity contribution in [2.75, 3.05) is 5.73 Å². The number of anilines is 1. The molecule has 0 atom stereocenters. The summed E-state index contributed by atoms with van der Waals surface area (Å²) in [5.41, 5.74) is 5.49. The third kappa shape index (κ3) is 2.04. The molecule has 0 amide bonds. The first-order valence-corrected chi connectivity index (χ1v) is 5.05. The zero-order valence-electron chi connectivity index (χ0n) is 8.49. The maximum Gasteiger partial charge on any atom is 0.256 e. The molecule has 78 valence electrons. The average Bonchev–Trinajstić information content (AvgIpc) is 2.14. The first-order valence-electron chi connectivity index (χ1n) is 4.64. The summed E-state index contributed by atoms with van der Waals surface area (Å²) in [4.78, 5) is 11.5. The van der Waals surface area contributed by atoms with Gasteiger partial charge in [-0.25, -0.2) is 0 Å². The Kier molecular flexibility index (Phi) is 3.46. The van der Waals surface area contributed by atoms with Crippen LogP contribution in [0, 0.1) is 4.77 Å². The Balaban J connectivity index is 3.23. The van der Waals surface area contributed by atoms with Crippen LogP contribution in [0.5, 0.6) is 0 Å². The zero-order valence-corrected chi connectivity index (χ0v) is 9.30. The molecule has 0 radical (unpaired) electrons. The minimum Gasteiger partial charge on any atom is -0.385 e. The lowest BCUT2D eigenvalue weighted by Gasteiger charge is -2.10. The average molecular weight is 213 g/mol. The standard InChI is InChI=1S/C9H15N3OS/c1-3-4-5-12-8(13)6-7(10)11(2)9(12)14/h6H,3-5,10H2,1-2H3. The van der Waals surface area contributed by atoms with Crippen LogP contribution in [0.4, 0.5) is 5.82 Å². The van der Waals surface area contributed by atoms with E-state index < -0.39 is 0 Å². The Labute approximate surface area is 88.0 Å². The quantitative estimate of drug-likeness (QED) is 0.770. The predicted octanol–water partition coefficient (Wildman–Crippen LogP) is 1.30. The van der Waals surface area contributed by atoms with Crippen LogP contribution in [0.15, 0.2) is 10.9 Å². The third-order valence-electron chi connectivity index (χ3n) is 2.18. The lowest BCUT2D eigenvalue weighted by Crippen LogP contribution is -2.25. The van der Waals surface area contributed by atoms with E-state index in [0.717, 1.165) is 12.8 Å². The molecule has 1 aromatic heterocycles. The van der Waals surface area contributed by atoms with Gasteiger partial charge in [-0.3, -0.25) is 9.36 Å². The minimum atomic E-state index is -0.112. The molecule has 0 aliphatic rings. The Morgan fingerprint density at radius 3 is 2.79 bits per heavy atom. The molecular formula is C9H15N3OS. The smallest absolute Gasteiger partial charge is 0.256 e. The van der Waals surface area contributed by atoms with Crippen molar-refractivity contribution in [2.45, 2.75) is 26.3 Å². The molecule has 0 bridgehead atoms. The summed E-state index contributed by atoms with van der Waals surface area (Å²) < 4.78 is 3.71. The van der Waals surface area contributed by atoms with E-state index in [-0.39, 0.29) is 5.56 Å². The molecule has 1 aromatic rings. The number of nitrogens with zero attached hydrogens (tertiary/aromatic N) is 2. The van der Waals surface area contributed by atoms with Gasteiger partial charge in [-0.05, 0) is 18.6 Å². The minimum absolute atomic E-state index is 0.112. The van der Waals surface area contributed by atoms with Gasteiger partial charge in [-0.2, -0.15) is 0 Å². The van der Waals surface area contributed by atoms with Gasteiger partial charge in [-0.1, -0.05) is 13.3 Å². The van der Waals surface area contributed by atoms with Crippen LogP contribution in [-0.2, 0) is 13.6 Å². The van der Waals surface area contributed by atoms with Crippen molar-refractivity contribution < 1.29 is 0 Å². The maximum atomic E-state index is 11.5. The number of unbranched alkanes of at least 4 members (excludes halogenated alkanes) is 1. The topological polar surface area (TPSA) is 52.9 Å². The van der Waals surface area contributed by atoms with E-state index in [1.54, 1.807) is 16.2 Å². The number of nitrogen functional groups attached to an aromatic ring is 1. The zero-order chi connectivity index (χ0) is 10.7. The number of hydrogen-bond acceptors (Lipinski definition) is 3. The van der Waals surface area contributed by atoms with Crippen LogP contribution in [0.25, 0.3) is 0 Å². The largest absolute Gasteiger partial charge is 0.385 e. The fourth-order valence-electron chi connectivity index (χ4n) is 1.21. The van der Waals surface area contributed by atoms with Gasteiger partial charge in [0.15, 0.2) is 4.77 Å². The van der Waals surface area contributed by atoms with E-state index in [0.29, 0.717) is 17.1 Å². The molecule has 2 N–H and O–H groups in total. The van der Waals surface area contributed by atoms with Gasteiger partial charge in [0.2, 0.25) is 0 Å². The Morgan fingerprint density at radius 2 is 2.21 bits per heavy atom. The molecule has 0 unspecified atom stereocenters. The summed E-state index contributed by atoms with van der Waals surface area (Å²) in [7, 11) is 1.76. The van der Waals surface area contributed by atoms with Gasteiger partial charge in [0.05, 0.1) is 0 Å². The highest BCUT2D eigenvalue weighted by atomic mass is 32.1. The van der Waals surface area contributed by atoms with E-state index in [2.05, 4.69) is 6.92 Å². The Bertz CT molecular complexity index is 433. The van der Waals surface area contributed by atoms with Crippen LogP contribution in [-0.4, -0.2) is 9.13 Å². The van der Waals surface area contributed by atoms with Crippen LogP contribution >= 0.6 is 12.2 Å². The Hall–Kier alpha value is -1.10. The van der Waals surface area contributed by atoms with E-state index >= 15 is 0 Å². The monoisotopic (exact) mass is 213 g/mol. The lowest BCUT2D eigenvalue weighted by molar-refractivity contribution is 0.576. The van der Waals surface area contributed by atoms with Crippen molar-refractivity contribution in [3.63, 3.8) is 0 Å². The molecule has 5 heteroatoms. The molecule has 1 heterocycles. The first-order chi connectivity index (χ1) is 6.57. The number of rotatable bonds is 3. The van der Waals surface area contributed by atoms with E-state index in [9.17, 15) is 4.79 Å². The Morgan fingerprint density at radius 1 is 1.57 bits per heavy atom. The SMILES string of the molecule is CCCCn1c(=O)cc(N)n(C)c1=S. The molecule has 1 rings (SSSR count). The van der Waals surface area contributed by atoms with E-state index in [4.69, 9.17) is 18.0 Å². The summed E-state index contributed by atoms with van der Waals surface area (Å²) in [6, 6.07) is 1.41. The molecule has 0 saturated heterocycles. The second kappa shape index (κ2) is 4.41.